The molecule has 3 aromatic rings. The van der Waals surface area contributed by atoms with Gasteiger partial charge in [-0.1, -0.05) is 48.3 Å². The summed E-state index contributed by atoms with van der Waals surface area (Å²) in [4.78, 5) is 28.9. The second-order valence-corrected chi connectivity index (χ2v) is 13.2. The van der Waals surface area contributed by atoms with Gasteiger partial charge in [-0.25, -0.2) is 8.42 Å². The van der Waals surface area contributed by atoms with Crippen LogP contribution in [0.4, 0.5) is 5.69 Å². The summed E-state index contributed by atoms with van der Waals surface area (Å²) in [5.41, 5.74) is 0.415. The first-order chi connectivity index (χ1) is 19.2. The summed E-state index contributed by atoms with van der Waals surface area (Å²) < 4.78 is 34.0. The van der Waals surface area contributed by atoms with Gasteiger partial charge in [0.15, 0.2) is 0 Å². The van der Waals surface area contributed by atoms with Crippen LogP contribution in [0.15, 0.2) is 77.7 Å². The number of nitrogens with zero attached hydrogens (tertiary/aromatic N) is 2. The number of carbonyl (C=O) groups excluding carboxylic acids is 2. The topological polar surface area (TPSA) is 96.0 Å². The van der Waals surface area contributed by atoms with E-state index in [9.17, 15) is 18.0 Å². The van der Waals surface area contributed by atoms with E-state index >= 15 is 0 Å². The molecule has 0 aromatic heterocycles. The lowest BCUT2D eigenvalue weighted by Crippen LogP contribution is -2.55. The van der Waals surface area contributed by atoms with Crippen LogP contribution in [0.5, 0.6) is 5.75 Å². The highest BCUT2D eigenvalue weighted by molar-refractivity contribution is 7.92. The number of methoxy groups -OCH3 is 1. The Morgan fingerprint density at radius 2 is 1.59 bits per heavy atom. The van der Waals surface area contributed by atoms with Crippen LogP contribution >= 0.6 is 23.2 Å². The van der Waals surface area contributed by atoms with Crippen LogP contribution in [0.2, 0.25) is 10.0 Å². The van der Waals surface area contributed by atoms with Crippen molar-refractivity contribution in [3.05, 3.63) is 88.4 Å². The van der Waals surface area contributed by atoms with Crippen molar-refractivity contribution in [2.45, 2.75) is 57.1 Å². The minimum Gasteiger partial charge on any atom is -0.497 e. The van der Waals surface area contributed by atoms with Crippen molar-refractivity contribution in [1.29, 1.82) is 0 Å². The zero-order valence-corrected chi connectivity index (χ0v) is 26.1. The molecular formula is C30H35Cl2N3O5S. The molecule has 0 unspecified atom stereocenters. The largest absolute Gasteiger partial charge is 0.497 e. The molecule has 0 radical (unpaired) electrons. The maximum Gasteiger partial charge on any atom is 0.264 e. The molecule has 3 rings (SSSR count). The molecule has 0 aliphatic rings. The van der Waals surface area contributed by atoms with Gasteiger partial charge in [0.05, 0.1) is 17.7 Å². The number of hydrogen-bond donors (Lipinski definition) is 1. The second kappa shape index (κ2) is 13.6. The first-order valence-electron chi connectivity index (χ1n) is 13.0. The summed E-state index contributed by atoms with van der Waals surface area (Å²) in [6, 6.07) is 18.2. The van der Waals surface area contributed by atoms with Crippen LogP contribution < -0.4 is 14.4 Å². The van der Waals surface area contributed by atoms with Crippen molar-refractivity contribution >= 4 is 50.7 Å². The zero-order chi connectivity index (χ0) is 30.4. The molecule has 0 saturated carbocycles. The number of ether oxygens (including phenoxy) is 1. The van der Waals surface area contributed by atoms with Gasteiger partial charge < -0.3 is 15.0 Å². The highest BCUT2D eigenvalue weighted by Gasteiger charge is 2.34. The summed E-state index contributed by atoms with van der Waals surface area (Å²) in [5.74, 6) is -0.253. The van der Waals surface area contributed by atoms with Crippen molar-refractivity contribution in [3.8, 4) is 5.75 Å². The fourth-order valence-corrected chi connectivity index (χ4v) is 5.91. The molecule has 0 bridgehead atoms. The van der Waals surface area contributed by atoms with Gasteiger partial charge in [-0.05, 0) is 87.4 Å². The highest BCUT2D eigenvalue weighted by atomic mass is 35.5. The van der Waals surface area contributed by atoms with E-state index in [0.29, 0.717) is 22.2 Å². The molecule has 0 fully saturated rings. The van der Waals surface area contributed by atoms with Crippen molar-refractivity contribution < 1.29 is 22.7 Å². The molecule has 2 amide bonds. The number of halogens is 2. The van der Waals surface area contributed by atoms with Gasteiger partial charge in [0.2, 0.25) is 11.8 Å². The Morgan fingerprint density at radius 1 is 0.951 bits per heavy atom. The molecule has 8 nitrogen and oxygen atoms in total. The monoisotopic (exact) mass is 619 g/mol. The molecule has 0 spiro atoms. The molecule has 0 saturated heterocycles. The fourth-order valence-electron chi connectivity index (χ4n) is 4.19. The third-order valence-corrected chi connectivity index (χ3v) is 8.45. The van der Waals surface area contributed by atoms with E-state index in [0.717, 1.165) is 9.87 Å². The lowest BCUT2D eigenvalue weighted by atomic mass is 10.1. The van der Waals surface area contributed by atoms with E-state index < -0.39 is 34.1 Å². The SMILES string of the molecule is CC[C@H](C(=O)NC(C)(C)C)N(Cc1ccc(OC)cc1)C(=O)CN(c1cccc(Cl)c1)S(=O)(=O)c1ccc(Cl)cc1. The molecule has 41 heavy (non-hydrogen) atoms. The van der Waals surface area contributed by atoms with Gasteiger partial charge in [-0.3, -0.25) is 13.9 Å². The fraction of sp³-hybridized carbons (Fsp3) is 0.333. The van der Waals surface area contributed by atoms with E-state index in [1.54, 1.807) is 56.5 Å². The van der Waals surface area contributed by atoms with Crippen LogP contribution in [0.1, 0.15) is 39.7 Å². The van der Waals surface area contributed by atoms with Gasteiger partial charge in [0.25, 0.3) is 10.0 Å². The van der Waals surface area contributed by atoms with Crippen molar-refractivity contribution in [1.82, 2.24) is 10.2 Å². The number of carbonyl (C=O) groups is 2. The van der Waals surface area contributed by atoms with Crippen molar-refractivity contribution in [2.24, 2.45) is 0 Å². The Labute approximate surface area is 252 Å². The zero-order valence-electron chi connectivity index (χ0n) is 23.7. The summed E-state index contributed by atoms with van der Waals surface area (Å²) in [6.07, 6.45) is 0.310. The molecule has 0 heterocycles. The first kappa shape index (κ1) is 32.2. The summed E-state index contributed by atoms with van der Waals surface area (Å²) in [7, 11) is -2.67. The van der Waals surface area contributed by atoms with E-state index in [2.05, 4.69) is 5.32 Å². The minimum absolute atomic E-state index is 0.0473. The molecule has 0 aliphatic heterocycles. The van der Waals surface area contributed by atoms with Crippen molar-refractivity contribution in [3.63, 3.8) is 0 Å². The predicted molar refractivity (Wildman–Crippen MR) is 163 cm³/mol. The normalized spacial score (nSPS) is 12.4. The lowest BCUT2D eigenvalue weighted by molar-refractivity contribution is -0.141. The van der Waals surface area contributed by atoms with E-state index in [1.165, 1.54) is 35.2 Å². The van der Waals surface area contributed by atoms with Crippen LogP contribution in [0, 0.1) is 0 Å². The van der Waals surface area contributed by atoms with E-state index in [-0.39, 0.29) is 23.0 Å². The third-order valence-electron chi connectivity index (χ3n) is 6.17. The van der Waals surface area contributed by atoms with Gasteiger partial charge in [0, 0.05) is 22.1 Å². The molecule has 1 atom stereocenters. The number of rotatable bonds is 11. The number of hydrogen-bond acceptors (Lipinski definition) is 5. The highest BCUT2D eigenvalue weighted by Crippen LogP contribution is 2.28. The smallest absolute Gasteiger partial charge is 0.264 e. The molecule has 0 aliphatic carbocycles. The quantitative estimate of drug-likeness (QED) is 0.287. The third kappa shape index (κ3) is 8.61. The number of amides is 2. The number of anilines is 1. The van der Waals surface area contributed by atoms with Gasteiger partial charge in [-0.15, -0.1) is 0 Å². The molecule has 11 heteroatoms. The van der Waals surface area contributed by atoms with Crippen LogP contribution in [0.3, 0.4) is 0 Å². The van der Waals surface area contributed by atoms with Gasteiger partial charge in [0.1, 0.15) is 18.3 Å². The van der Waals surface area contributed by atoms with Crippen LogP contribution in [-0.2, 0) is 26.2 Å². The lowest BCUT2D eigenvalue weighted by Gasteiger charge is -2.34. The van der Waals surface area contributed by atoms with E-state index in [4.69, 9.17) is 27.9 Å². The molecule has 220 valence electrons. The number of sulfonamides is 1. The summed E-state index contributed by atoms with van der Waals surface area (Å²) in [6.45, 7) is 6.87. The number of nitrogens with one attached hydrogen (secondary N) is 1. The summed E-state index contributed by atoms with van der Waals surface area (Å²) in [5, 5.41) is 3.62. The van der Waals surface area contributed by atoms with Crippen LogP contribution in [-0.4, -0.2) is 50.4 Å². The maximum atomic E-state index is 14.1. The standard InChI is InChI=1S/C30H35Cl2N3O5S/c1-6-27(29(37)33-30(2,3)4)34(19-21-10-14-25(40-5)15-11-21)28(36)20-35(24-9-7-8-23(32)18-24)41(38,39)26-16-12-22(31)13-17-26/h7-18,27H,6,19-20H2,1-5H3,(H,33,37)/t27-/m1/s1. The Morgan fingerprint density at radius 3 is 2.12 bits per heavy atom. The van der Waals surface area contributed by atoms with Crippen molar-refractivity contribution in [2.75, 3.05) is 18.0 Å². The predicted octanol–water partition coefficient (Wildman–Crippen LogP) is 5.92. The van der Waals surface area contributed by atoms with Crippen LogP contribution in [0.25, 0.3) is 0 Å². The van der Waals surface area contributed by atoms with Gasteiger partial charge in [-0.2, -0.15) is 0 Å². The Hall–Kier alpha value is -3.27. The second-order valence-electron chi connectivity index (χ2n) is 10.5. The average molecular weight is 621 g/mol. The summed E-state index contributed by atoms with van der Waals surface area (Å²) >= 11 is 12.2. The molecule has 3 aromatic carbocycles. The molecular weight excluding hydrogens is 585 g/mol. The Balaban J connectivity index is 2.07. The minimum atomic E-state index is -4.23. The maximum absolute atomic E-state index is 14.1. The van der Waals surface area contributed by atoms with Gasteiger partial charge >= 0.3 is 0 Å². The Kier molecular flexibility index (Phi) is 10.7. The first-order valence-corrected chi connectivity index (χ1v) is 15.2. The average Bonchev–Trinajstić information content (AvgIpc) is 2.91. The number of benzene rings is 3. The molecule has 1 N–H and O–H groups in total. The Bertz CT molecular complexity index is 1460. The van der Waals surface area contributed by atoms with E-state index in [1.807, 2.05) is 20.8 Å².